The second-order valence-electron chi connectivity index (χ2n) is 4.66. The third kappa shape index (κ3) is 2.81. The summed E-state index contributed by atoms with van der Waals surface area (Å²) in [6.07, 6.45) is 2.38. The molecule has 2 nitrogen and oxygen atoms in total. The molecule has 1 aliphatic rings. The van der Waals surface area contributed by atoms with Crippen LogP contribution in [0.25, 0.3) is 0 Å². The van der Waals surface area contributed by atoms with Crippen LogP contribution in [0.3, 0.4) is 0 Å². The van der Waals surface area contributed by atoms with E-state index in [9.17, 15) is 4.39 Å². The molecule has 1 fully saturated rings. The lowest BCUT2D eigenvalue weighted by atomic mass is 10.1. The van der Waals surface area contributed by atoms with Crippen molar-refractivity contribution in [2.24, 2.45) is 0 Å². The first kappa shape index (κ1) is 13.7. The Balaban J connectivity index is 2.11. The number of anilines is 1. The first-order valence-electron chi connectivity index (χ1n) is 5.82. The van der Waals surface area contributed by atoms with E-state index < -0.39 is 0 Å². The van der Waals surface area contributed by atoms with Gasteiger partial charge < -0.3 is 5.32 Å². The Bertz CT molecular complexity index is 492. The highest BCUT2D eigenvalue weighted by molar-refractivity contribution is 9.10. The van der Waals surface area contributed by atoms with Crippen LogP contribution in [0.1, 0.15) is 25.3 Å². The number of hydrogen-bond donors (Lipinski definition) is 1. The van der Waals surface area contributed by atoms with Crippen LogP contribution >= 0.6 is 27.7 Å². The highest BCUT2D eigenvalue weighted by atomic mass is 79.9. The lowest BCUT2D eigenvalue weighted by Crippen LogP contribution is -2.27. The molecular formula is C13H14BrFN2S. The summed E-state index contributed by atoms with van der Waals surface area (Å²) in [7, 11) is 0. The van der Waals surface area contributed by atoms with E-state index >= 15 is 0 Å². The maximum absolute atomic E-state index is 14.0. The van der Waals surface area contributed by atoms with Gasteiger partial charge in [0.1, 0.15) is 6.07 Å². The molecule has 96 valence electrons. The number of benzene rings is 1. The fourth-order valence-electron chi connectivity index (χ4n) is 2.03. The molecular weight excluding hydrogens is 315 g/mol. The normalized spacial score (nSPS) is 22.8. The Morgan fingerprint density at radius 3 is 3.00 bits per heavy atom. The van der Waals surface area contributed by atoms with Gasteiger partial charge in [0, 0.05) is 11.3 Å². The Kier molecular flexibility index (Phi) is 4.18. The lowest BCUT2D eigenvalue weighted by molar-refractivity contribution is 0.610. The van der Waals surface area contributed by atoms with E-state index in [0.29, 0.717) is 11.3 Å². The molecule has 1 heterocycles. The third-order valence-corrected chi connectivity index (χ3v) is 5.47. The second kappa shape index (κ2) is 5.50. The molecule has 18 heavy (non-hydrogen) atoms. The predicted molar refractivity (Wildman–Crippen MR) is 77.4 cm³/mol. The van der Waals surface area contributed by atoms with Crippen LogP contribution in [0.15, 0.2) is 16.6 Å². The van der Waals surface area contributed by atoms with Crippen molar-refractivity contribution in [3.05, 3.63) is 28.0 Å². The van der Waals surface area contributed by atoms with E-state index in [0.717, 1.165) is 13.0 Å². The van der Waals surface area contributed by atoms with Gasteiger partial charge in [0.2, 0.25) is 0 Å². The van der Waals surface area contributed by atoms with Crippen molar-refractivity contribution < 1.29 is 4.39 Å². The summed E-state index contributed by atoms with van der Waals surface area (Å²) in [5.74, 6) is 0.790. The van der Waals surface area contributed by atoms with Crippen LogP contribution < -0.4 is 5.32 Å². The second-order valence-corrected chi connectivity index (χ2v) is 7.13. The zero-order valence-corrected chi connectivity index (χ0v) is 12.5. The Morgan fingerprint density at radius 1 is 1.61 bits per heavy atom. The Labute approximate surface area is 119 Å². The lowest BCUT2D eigenvalue weighted by Gasteiger charge is -2.23. The largest absolute Gasteiger partial charge is 0.381 e. The van der Waals surface area contributed by atoms with Gasteiger partial charge in [-0.15, -0.1) is 0 Å². The van der Waals surface area contributed by atoms with E-state index in [-0.39, 0.29) is 15.0 Å². The van der Waals surface area contributed by atoms with Gasteiger partial charge in [0.15, 0.2) is 5.82 Å². The van der Waals surface area contributed by atoms with Crippen molar-refractivity contribution >= 4 is 33.4 Å². The molecule has 1 atom stereocenters. The van der Waals surface area contributed by atoms with Gasteiger partial charge >= 0.3 is 0 Å². The first-order chi connectivity index (χ1) is 8.56. The predicted octanol–water partition coefficient (Wildman–Crippen LogP) is 4.16. The minimum atomic E-state index is -0.388. The van der Waals surface area contributed by atoms with Gasteiger partial charge in [-0.1, -0.05) is 0 Å². The summed E-state index contributed by atoms with van der Waals surface area (Å²) < 4.78 is 14.4. The molecule has 2 rings (SSSR count). The molecule has 0 bridgehead atoms. The number of thioether (sulfide) groups is 1. The van der Waals surface area contributed by atoms with Gasteiger partial charge in [0.05, 0.1) is 15.7 Å². The molecule has 0 amide bonds. The van der Waals surface area contributed by atoms with E-state index in [1.165, 1.54) is 12.2 Å². The minimum Gasteiger partial charge on any atom is -0.381 e. The topological polar surface area (TPSA) is 35.8 Å². The van der Waals surface area contributed by atoms with Gasteiger partial charge in [-0.25, -0.2) is 4.39 Å². The minimum absolute atomic E-state index is 0.187. The van der Waals surface area contributed by atoms with Crippen LogP contribution in [-0.2, 0) is 0 Å². The van der Waals surface area contributed by atoms with Crippen LogP contribution in [0.4, 0.5) is 10.1 Å². The zero-order chi connectivity index (χ0) is 13.2. The fourth-order valence-corrected chi connectivity index (χ4v) is 3.71. The van der Waals surface area contributed by atoms with Gasteiger partial charge in [-0.3, -0.25) is 0 Å². The average Bonchev–Trinajstić information content (AvgIpc) is 2.79. The summed E-state index contributed by atoms with van der Waals surface area (Å²) >= 11 is 5.05. The van der Waals surface area contributed by atoms with Crippen LogP contribution in [0, 0.1) is 17.1 Å². The molecule has 0 aromatic heterocycles. The third-order valence-electron chi connectivity index (χ3n) is 3.16. The molecule has 1 N–H and O–H groups in total. The Hall–Kier alpha value is -0.730. The van der Waals surface area contributed by atoms with Crippen molar-refractivity contribution in [2.75, 3.05) is 17.6 Å². The number of hydrogen-bond acceptors (Lipinski definition) is 3. The maximum atomic E-state index is 14.0. The smallest absolute Gasteiger partial charge is 0.161 e. The number of halogens is 2. The molecule has 1 saturated heterocycles. The van der Waals surface area contributed by atoms with Crippen LogP contribution in [0.2, 0.25) is 0 Å². The van der Waals surface area contributed by atoms with E-state index in [1.54, 1.807) is 12.1 Å². The van der Waals surface area contributed by atoms with Crippen molar-refractivity contribution in [1.82, 2.24) is 0 Å². The quantitative estimate of drug-likeness (QED) is 0.905. The highest BCUT2D eigenvalue weighted by Crippen LogP contribution is 2.38. The summed E-state index contributed by atoms with van der Waals surface area (Å²) in [6.45, 7) is 2.95. The zero-order valence-electron chi connectivity index (χ0n) is 10.1. The number of nitriles is 1. The molecule has 1 aromatic rings. The van der Waals surface area contributed by atoms with Gasteiger partial charge in [0.25, 0.3) is 0 Å². The van der Waals surface area contributed by atoms with E-state index in [4.69, 9.17) is 5.26 Å². The number of rotatable bonds is 3. The molecule has 0 aliphatic carbocycles. The fraction of sp³-hybridized carbons (Fsp3) is 0.462. The molecule has 1 unspecified atom stereocenters. The summed E-state index contributed by atoms with van der Waals surface area (Å²) in [5, 5.41) is 12.0. The van der Waals surface area contributed by atoms with Crippen molar-refractivity contribution in [3.63, 3.8) is 0 Å². The first-order valence-corrected chi connectivity index (χ1v) is 7.59. The van der Waals surface area contributed by atoms with Crippen LogP contribution in [0.5, 0.6) is 0 Å². The number of nitrogens with zero attached hydrogens (tertiary/aromatic N) is 1. The molecule has 0 spiro atoms. The summed E-state index contributed by atoms with van der Waals surface area (Å²) in [4.78, 5) is 0. The molecule has 0 radical (unpaired) electrons. The Morgan fingerprint density at radius 2 is 2.39 bits per heavy atom. The summed E-state index contributed by atoms with van der Waals surface area (Å²) in [5.41, 5.74) is 0.772. The van der Waals surface area contributed by atoms with Crippen LogP contribution in [-0.4, -0.2) is 17.0 Å². The van der Waals surface area contributed by atoms with Crippen molar-refractivity contribution in [1.29, 1.82) is 5.26 Å². The van der Waals surface area contributed by atoms with E-state index in [1.807, 2.05) is 17.8 Å². The highest BCUT2D eigenvalue weighted by Gasteiger charge is 2.29. The van der Waals surface area contributed by atoms with Gasteiger partial charge in [-0.05, 0) is 53.6 Å². The monoisotopic (exact) mass is 328 g/mol. The molecule has 1 aliphatic heterocycles. The maximum Gasteiger partial charge on any atom is 0.161 e. The molecule has 0 saturated carbocycles. The standard InChI is InChI=1S/C13H14BrFN2S/c1-13(5-2-6-18-13)8-17-10-4-3-9(7-16)11(14)12(10)15/h3-4,17H,2,5-6,8H2,1H3. The summed E-state index contributed by atoms with van der Waals surface area (Å²) in [6, 6.07) is 5.20. The molecule has 1 aromatic carbocycles. The van der Waals surface area contributed by atoms with Crippen molar-refractivity contribution in [2.45, 2.75) is 24.5 Å². The number of nitrogens with one attached hydrogen (secondary N) is 1. The molecule has 5 heteroatoms. The van der Waals surface area contributed by atoms with Crippen molar-refractivity contribution in [3.8, 4) is 6.07 Å². The SMILES string of the molecule is CC1(CNc2ccc(C#N)c(Br)c2F)CCCS1. The van der Waals surface area contributed by atoms with E-state index in [2.05, 4.69) is 28.2 Å². The van der Waals surface area contributed by atoms with Gasteiger partial charge in [-0.2, -0.15) is 17.0 Å². The average molecular weight is 329 g/mol.